The third kappa shape index (κ3) is 2.94. The van der Waals surface area contributed by atoms with E-state index in [9.17, 15) is 9.18 Å². The molecule has 24 heavy (non-hydrogen) atoms. The van der Waals surface area contributed by atoms with Crippen LogP contribution in [-0.4, -0.2) is 28.5 Å². The summed E-state index contributed by atoms with van der Waals surface area (Å²) in [5.74, 6) is 1.64. The Hall–Kier alpha value is -2.21. The summed E-state index contributed by atoms with van der Waals surface area (Å²) < 4.78 is 19.2. The van der Waals surface area contributed by atoms with Crippen LogP contribution in [0.25, 0.3) is 0 Å². The molecular formula is C18H20FN3O2. The number of rotatable bonds is 4. The van der Waals surface area contributed by atoms with Crippen molar-refractivity contribution in [2.24, 2.45) is 0 Å². The van der Waals surface area contributed by atoms with Crippen molar-refractivity contribution in [3.8, 4) is 5.75 Å². The molecule has 1 N–H and O–H groups in total. The molecule has 1 aromatic heterocycles. The Bertz CT molecular complexity index is 829. The second kappa shape index (κ2) is 6.02. The van der Waals surface area contributed by atoms with Gasteiger partial charge in [0.2, 0.25) is 0 Å². The Labute approximate surface area is 139 Å². The van der Waals surface area contributed by atoms with Gasteiger partial charge in [-0.25, -0.2) is 9.37 Å². The molecule has 2 aliphatic rings. The van der Waals surface area contributed by atoms with Gasteiger partial charge in [0.05, 0.1) is 12.8 Å². The predicted molar refractivity (Wildman–Crippen MR) is 87.6 cm³/mol. The molecule has 0 radical (unpaired) electrons. The molecule has 0 saturated heterocycles. The number of benzene rings is 1. The molecule has 5 nitrogen and oxygen atoms in total. The van der Waals surface area contributed by atoms with E-state index in [1.54, 1.807) is 19.2 Å². The van der Waals surface area contributed by atoms with Crippen LogP contribution in [0, 0.1) is 5.82 Å². The van der Waals surface area contributed by atoms with Crippen molar-refractivity contribution in [2.45, 2.75) is 38.3 Å². The van der Waals surface area contributed by atoms with Gasteiger partial charge in [0.1, 0.15) is 17.4 Å². The molecule has 4 rings (SSSR count). The van der Waals surface area contributed by atoms with E-state index in [0.29, 0.717) is 36.7 Å². The number of hydrogen-bond donors (Lipinski definition) is 1. The van der Waals surface area contributed by atoms with Crippen LogP contribution < -0.4 is 10.3 Å². The summed E-state index contributed by atoms with van der Waals surface area (Å²) in [6.07, 6.45) is 2.84. The number of hydrogen-bond acceptors (Lipinski definition) is 4. The molecule has 0 spiro atoms. The topological polar surface area (TPSA) is 58.2 Å². The number of methoxy groups -OCH3 is 1. The van der Waals surface area contributed by atoms with Crippen molar-refractivity contribution in [3.05, 3.63) is 57.0 Å². The van der Waals surface area contributed by atoms with Crippen LogP contribution >= 0.6 is 0 Å². The lowest BCUT2D eigenvalue weighted by atomic mass is 10.0. The Morgan fingerprint density at radius 1 is 1.42 bits per heavy atom. The summed E-state index contributed by atoms with van der Waals surface area (Å²) in [5.41, 5.74) is 2.22. The lowest BCUT2D eigenvalue weighted by Crippen LogP contribution is -2.35. The van der Waals surface area contributed by atoms with Gasteiger partial charge in [0, 0.05) is 36.7 Å². The zero-order valence-electron chi connectivity index (χ0n) is 13.6. The van der Waals surface area contributed by atoms with E-state index >= 15 is 0 Å². The van der Waals surface area contributed by atoms with Gasteiger partial charge in [0.25, 0.3) is 5.56 Å². The molecule has 1 aliphatic carbocycles. The summed E-state index contributed by atoms with van der Waals surface area (Å²) in [4.78, 5) is 22.0. The molecule has 0 atom stereocenters. The maximum absolute atomic E-state index is 14.0. The van der Waals surface area contributed by atoms with E-state index in [1.165, 1.54) is 6.07 Å². The maximum atomic E-state index is 14.0. The molecule has 0 amide bonds. The molecule has 126 valence electrons. The van der Waals surface area contributed by atoms with Crippen molar-refractivity contribution in [1.29, 1.82) is 0 Å². The number of fused-ring (bicyclic) bond motifs is 1. The number of ether oxygens (including phenoxy) is 1. The molecule has 1 saturated carbocycles. The Morgan fingerprint density at radius 2 is 2.25 bits per heavy atom. The first kappa shape index (κ1) is 15.3. The van der Waals surface area contributed by atoms with E-state index in [2.05, 4.69) is 14.9 Å². The third-order valence-corrected chi connectivity index (χ3v) is 4.78. The second-order valence-corrected chi connectivity index (χ2v) is 6.57. The quantitative estimate of drug-likeness (QED) is 0.935. The van der Waals surface area contributed by atoms with Crippen molar-refractivity contribution >= 4 is 0 Å². The molecule has 1 aromatic carbocycles. The standard InChI is InChI=1S/C18H20FN3O2/c1-24-13-4-5-15(19)12(8-13)9-22-7-6-14-16(10-22)20-17(11-2-3-11)21-18(14)23/h4-5,8,11H,2-3,6-7,9-10H2,1H3,(H,20,21,23). The Kier molecular flexibility index (Phi) is 3.84. The van der Waals surface area contributed by atoms with E-state index < -0.39 is 0 Å². The smallest absolute Gasteiger partial charge is 0.254 e. The first-order valence-corrected chi connectivity index (χ1v) is 8.31. The fourth-order valence-electron chi connectivity index (χ4n) is 3.24. The average Bonchev–Trinajstić information content (AvgIpc) is 3.41. The van der Waals surface area contributed by atoms with Gasteiger partial charge in [0.15, 0.2) is 0 Å². The molecule has 2 aromatic rings. The minimum atomic E-state index is -0.237. The van der Waals surface area contributed by atoms with Crippen LogP contribution in [0.3, 0.4) is 0 Å². The minimum Gasteiger partial charge on any atom is -0.497 e. The fraction of sp³-hybridized carbons (Fsp3) is 0.444. The highest BCUT2D eigenvalue weighted by Crippen LogP contribution is 2.37. The van der Waals surface area contributed by atoms with Gasteiger partial charge in [-0.1, -0.05) is 0 Å². The van der Waals surface area contributed by atoms with Crippen LogP contribution in [0.1, 0.15) is 41.4 Å². The molecule has 0 bridgehead atoms. The van der Waals surface area contributed by atoms with Crippen LogP contribution in [0.4, 0.5) is 4.39 Å². The van der Waals surface area contributed by atoms with E-state index in [4.69, 9.17) is 4.74 Å². The second-order valence-electron chi connectivity index (χ2n) is 6.57. The highest BCUT2D eigenvalue weighted by atomic mass is 19.1. The van der Waals surface area contributed by atoms with Crippen molar-refractivity contribution < 1.29 is 9.13 Å². The summed E-state index contributed by atoms with van der Waals surface area (Å²) in [7, 11) is 1.57. The molecule has 6 heteroatoms. The monoisotopic (exact) mass is 329 g/mol. The lowest BCUT2D eigenvalue weighted by Gasteiger charge is -2.28. The molecule has 1 fully saturated rings. The summed E-state index contributed by atoms with van der Waals surface area (Å²) >= 11 is 0. The first-order valence-electron chi connectivity index (χ1n) is 8.31. The highest BCUT2D eigenvalue weighted by molar-refractivity contribution is 5.30. The zero-order valence-corrected chi connectivity index (χ0v) is 13.6. The van der Waals surface area contributed by atoms with Crippen molar-refractivity contribution in [2.75, 3.05) is 13.7 Å². The number of aromatic amines is 1. The fourth-order valence-corrected chi connectivity index (χ4v) is 3.24. The lowest BCUT2D eigenvalue weighted by molar-refractivity contribution is 0.236. The van der Waals surface area contributed by atoms with Gasteiger partial charge in [-0.3, -0.25) is 9.69 Å². The molecule has 1 aliphatic heterocycles. The Morgan fingerprint density at radius 3 is 3.00 bits per heavy atom. The van der Waals surface area contributed by atoms with Gasteiger partial charge in [-0.15, -0.1) is 0 Å². The van der Waals surface area contributed by atoms with Crippen LogP contribution in [0.15, 0.2) is 23.0 Å². The Balaban J connectivity index is 1.57. The summed E-state index contributed by atoms with van der Waals surface area (Å²) in [5, 5.41) is 0. The van der Waals surface area contributed by atoms with Crippen LogP contribution in [-0.2, 0) is 19.5 Å². The molecular weight excluding hydrogens is 309 g/mol. The van der Waals surface area contributed by atoms with E-state index in [-0.39, 0.29) is 11.4 Å². The van der Waals surface area contributed by atoms with Gasteiger partial charge >= 0.3 is 0 Å². The number of H-pyrrole nitrogens is 1. The van der Waals surface area contributed by atoms with Crippen molar-refractivity contribution in [1.82, 2.24) is 14.9 Å². The van der Waals surface area contributed by atoms with E-state index in [0.717, 1.165) is 36.5 Å². The van der Waals surface area contributed by atoms with Gasteiger partial charge in [-0.2, -0.15) is 0 Å². The highest BCUT2D eigenvalue weighted by Gasteiger charge is 2.29. The van der Waals surface area contributed by atoms with Gasteiger partial charge < -0.3 is 9.72 Å². The largest absolute Gasteiger partial charge is 0.497 e. The summed E-state index contributed by atoms with van der Waals surface area (Å²) in [6.45, 7) is 1.78. The number of halogens is 1. The first-order chi connectivity index (χ1) is 11.6. The average molecular weight is 329 g/mol. The SMILES string of the molecule is COc1ccc(F)c(CN2CCc3c(nc(C4CC4)[nH]c3=O)C2)c1. The summed E-state index contributed by atoms with van der Waals surface area (Å²) in [6, 6.07) is 4.78. The van der Waals surface area contributed by atoms with Gasteiger partial charge in [-0.05, 0) is 37.5 Å². The normalized spacial score (nSPS) is 17.6. The molecule has 2 heterocycles. The minimum absolute atomic E-state index is 0.00545. The zero-order chi connectivity index (χ0) is 16.7. The predicted octanol–water partition coefficient (Wildman–Crippen LogP) is 2.35. The van der Waals surface area contributed by atoms with Crippen LogP contribution in [0.2, 0.25) is 0 Å². The van der Waals surface area contributed by atoms with Crippen molar-refractivity contribution in [3.63, 3.8) is 0 Å². The number of nitrogens with one attached hydrogen (secondary N) is 1. The van der Waals surface area contributed by atoms with Crippen LogP contribution in [0.5, 0.6) is 5.75 Å². The number of aromatic nitrogens is 2. The van der Waals surface area contributed by atoms with E-state index in [1.807, 2.05) is 0 Å². The third-order valence-electron chi connectivity index (χ3n) is 4.78. The number of nitrogens with zero attached hydrogens (tertiary/aromatic N) is 2. The molecule has 0 unspecified atom stereocenters. The maximum Gasteiger partial charge on any atom is 0.254 e.